The molecule has 30 heavy (non-hydrogen) atoms. The van der Waals surface area contributed by atoms with Crippen molar-refractivity contribution in [1.82, 2.24) is 25.5 Å². The summed E-state index contributed by atoms with van der Waals surface area (Å²) >= 11 is 0. The number of aromatic nitrogens is 4. The highest BCUT2D eigenvalue weighted by Crippen LogP contribution is 2.38. The Morgan fingerprint density at radius 2 is 1.90 bits per heavy atom. The lowest BCUT2D eigenvalue weighted by Crippen LogP contribution is -2.42. The number of aromatic amines is 1. The maximum Gasteiger partial charge on any atom is 0.469 e. The molecule has 1 aromatic carbocycles. The number of phosphoric acid groups is 1. The Morgan fingerprint density at radius 3 is 2.40 bits per heavy atom. The SMILES string of the molecule is O=C([C@H](COP(=O)(O)O)c1nn[nH]n1)N1CCC(c2ccc(C(F)(F)F)cc2)CC1. The zero-order valence-electron chi connectivity index (χ0n) is 15.5. The number of nitrogens with one attached hydrogen (secondary N) is 1. The van der Waals surface area contributed by atoms with Gasteiger partial charge in [-0.25, -0.2) is 4.57 Å². The molecule has 1 fully saturated rings. The van der Waals surface area contributed by atoms with Crippen LogP contribution in [0.4, 0.5) is 13.2 Å². The molecule has 1 atom stereocenters. The maximum atomic E-state index is 12.9. The number of H-pyrrole nitrogens is 1. The van der Waals surface area contributed by atoms with Gasteiger partial charge in [0.2, 0.25) is 5.91 Å². The number of phosphoric ester groups is 1. The zero-order chi connectivity index (χ0) is 21.9. The summed E-state index contributed by atoms with van der Waals surface area (Å²) in [5.41, 5.74) is 0.0431. The van der Waals surface area contributed by atoms with Gasteiger partial charge in [-0.2, -0.15) is 18.4 Å². The molecule has 3 rings (SSSR count). The van der Waals surface area contributed by atoms with Crippen LogP contribution in [0.2, 0.25) is 0 Å². The molecule has 3 N–H and O–H groups in total. The third-order valence-electron chi connectivity index (χ3n) is 4.90. The van der Waals surface area contributed by atoms with E-state index in [1.165, 1.54) is 17.0 Å². The molecule has 164 valence electrons. The smallest absolute Gasteiger partial charge is 0.342 e. The monoisotopic (exact) mass is 449 g/mol. The molecule has 14 heteroatoms. The van der Waals surface area contributed by atoms with E-state index >= 15 is 0 Å². The van der Waals surface area contributed by atoms with Gasteiger partial charge in [0.15, 0.2) is 5.82 Å². The lowest BCUT2D eigenvalue weighted by molar-refractivity contribution is -0.137. The average Bonchev–Trinajstić information content (AvgIpc) is 3.21. The molecule has 1 amide bonds. The Labute approximate surface area is 168 Å². The van der Waals surface area contributed by atoms with Gasteiger partial charge in [0, 0.05) is 13.1 Å². The van der Waals surface area contributed by atoms with Crippen molar-refractivity contribution in [2.45, 2.75) is 30.9 Å². The molecule has 0 aliphatic carbocycles. The highest BCUT2D eigenvalue weighted by atomic mass is 31.2. The normalized spacial score (nSPS) is 17.2. The van der Waals surface area contributed by atoms with Crippen LogP contribution in [-0.4, -0.2) is 60.9 Å². The molecule has 2 aromatic rings. The Bertz CT molecular complexity index is 895. The van der Waals surface area contributed by atoms with E-state index in [0.717, 1.165) is 17.7 Å². The highest BCUT2D eigenvalue weighted by Gasteiger charge is 2.34. The second-order valence-electron chi connectivity index (χ2n) is 6.83. The van der Waals surface area contributed by atoms with E-state index in [4.69, 9.17) is 9.79 Å². The number of hydrogen-bond acceptors (Lipinski definition) is 6. The van der Waals surface area contributed by atoms with Crippen molar-refractivity contribution in [3.8, 4) is 0 Å². The number of amides is 1. The Kier molecular flexibility index (Phi) is 6.56. The first-order valence-electron chi connectivity index (χ1n) is 8.94. The first kappa shape index (κ1) is 22.3. The number of benzene rings is 1. The fraction of sp³-hybridized carbons (Fsp3) is 0.500. The first-order valence-corrected chi connectivity index (χ1v) is 10.5. The summed E-state index contributed by atoms with van der Waals surface area (Å²) in [5, 5.41) is 12.9. The number of halogens is 3. The van der Waals surface area contributed by atoms with Crippen molar-refractivity contribution < 1.29 is 36.8 Å². The third kappa shape index (κ3) is 5.63. The minimum atomic E-state index is -4.80. The molecular formula is C16H19F3N5O5P. The van der Waals surface area contributed by atoms with Gasteiger partial charge in [0.1, 0.15) is 5.92 Å². The fourth-order valence-corrected chi connectivity index (χ4v) is 3.69. The molecule has 1 aliphatic rings. The van der Waals surface area contributed by atoms with Crippen LogP contribution in [0.15, 0.2) is 24.3 Å². The predicted molar refractivity (Wildman–Crippen MR) is 94.9 cm³/mol. The number of alkyl halides is 3. The summed E-state index contributed by atoms with van der Waals surface area (Å²) in [6.45, 7) is 0.00501. The van der Waals surface area contributed by atoms with Crippen LogP contribution in [-0.2, 0) is 20.1 Å². The van der Waals surface area contributed by atoms with E-state index in [2.05, 4.69) is 25.1 Å². The largest absolute Gasteiger partial charge is 0.469 e. The molecule has 0 bridgehead atoms. The van der Waals surface area contributed by atoms with Gasteiger partial charge in [-0.3, -0.25) is 9.32 Å². The van der Waals surface area contributed by atoms with Crippen LogP contribution in [0.5, 0.6) is 0 Å². The molecular weight excluding hydrogens is 430 g/mol. The van der Waals surface area contributed by atoms with E-state index < -0.39 is 38.0 Å². The van der Waals surface area contributed by atoms with Crippen molar-refractivity contribution >= 4 is 13.7 Å². The summed E-state index contributed by atoms with van der Waals surface area (Å²) in [4.78, 5) is 32.2. The number of likely N-dealkylation sites (tertiary alicyclic amines) is 1. The van der Waals surface area contributed by atoms with Crippen molar-refractivity contribution in [2.24, 2.45) is 0 Å². The van der Waals surface area contributed by atoms with Gasteiger partial charge in [-0.05, 0) is 36.5 Å². The maximum absolute atomic E-state index is 12.9. The van der Waals surface area contributed by atoms with E-state index in [1.807, 2.05) is 0 Å². The molecule has 1 aromatic heterocycles. The quantitative estimate of drug-likeness (QED) is 0.567. The van der Waals surface area contributed by atoms with Gasteiger partial charge in [0.05, 0.1) is 12.2 Å². The second kappa shape index (κ2) is 8.80. The summed E-state index contributed by atoms with van der Waals surface area (Å²) in [7, 11) is -4.80. The Hall–Kier alpha value is -2.34. The number of carbonyl (C=O) groups is 1. The lowest BCUT2D eigenvalue weighted by atomic mass is 9.88. The summed E-state index contributed by atoms with van der Waals surface area (Å²) in [6.07, 6.45) is -3.35. The number of piperidine rings is 1. The second-order valence-corrected chi connectivity index (χ2v) is 8.07. The van der Waals surface area contributed by atoms with Crippen molar-refractivity contribution in [2.75, 3.05) is 19.7 Å². The van der Waals surface area contributed by atoms with Crippen LogP contribution >= 0.6 is 7.82 Å². The van der Waals surface area contributed by atoms with Gasteiger partial charge in [-0.15, -0.1) is 10.2 Å². The lowest BCUT2D eigenvalue weighted by Gasteiger charge is -2.34. The van der Waals surface area contributed by atoms with Crippen molar-refractivity contribution in [1.29, 1.82) is 0 Å². The average molecular weight is 449 g/mol. The molecule has 0 spiro atoms. The third-order valence-corrected chi connectivity index (χ3v) is 5.38. The summed E-state index contributed by atoms with van der Waals surface area (Å²) in [5.74, 6) is -1.70. The molecule has 0 radical (unpaired) electrons. The molecule has 1 aliphatic heterocycles. The van der Waals surface area contributed by atoms with Gasteiger partial charge >= 0.3 is 14.0 Å². The minimum absolute atomic E-state index is 0.00805. The Balaban J connectivity index is 1.63. The van der Waals surface area contributed by atoms with Crippen molar-refractivity contribution in [3.63, 3.8) is 0 Å². The van der Waals surface area contributed by atoms with E-state index in [0.29, 0.717) is 25.9 Å². The zero-order valence-corrected chi connectivity index (χ0v) is 16.4. The number of nitrogens with zero attached hydrogens (tertiary/aromatic N) is 4. The highest BCUT2D eigenvalue weighted by molar-refractivity contribution is 7.46. The van der Waals surface area contributed by atoms with E-state index in [1.54, 1.807) is 0 Å². The minimum Gasteiger partial charge on any atom is -0.342 e. The van der Waals surface area contributed by atoms with Crippen LogP contribution < -0.4 is 0 Å². The Morgan fingerprint density at radius 1 is 1.27 bits per heavy atom. The van der Waals surface area contributed by atoms with E-state index in [-0.39, 0.29) is 11.7 Å². The summed E-state index contributed by atoms with van der Waals surface area (Å²) in [6, 6.07) is 4.97. The number of hydrogen-bond donors (Lipinski definition) is 3. The van der Waals surface area contributed by atoms with Crippen molar-refractivity contribution in [3.05, 3.63) is 41.2 Å². The number of tetrazole rings is 1. The van der Waals surface area contributed by atoms with Gasteiger partial charge in [-0.1, -0.05) is 17.3 Å². The molecule has 1 saturated heterocycles. The van der Waals surface area contributed by atoms with Gasteiger partial charge in [0.25, 0.3) is 0 Å². The summed E-state index contributed by atoms with van der Waals surface area (Å²) < 4.78 is 53.6. The molecule has 0 unspecified atom stereocenters. The van der Waals surface area contributed by atoms with E-state index in [9.17, 15) is 22.5 Å². The van der Waals surface area contributed by atoms with Crippen LogP contribution in [0.25, 0.3) is 0 Å². The first-order chi connectivity index (χ1) is 14.0. The topological polar surface area (TPSA) is 142 Å². The predicted octanol–water partition coefficient (Wildman–Crippen LogP) is 1.82. The molecule has 0 saturated carbocycles. The fourth-order valence-electron chi connectivity index (χ4n) is 3.34. The van der Waals surface area contributed by atoms with Gasteiger partial charge < -0.3 is 14.7 Å². The van der Waals surface area contributed by atoms with Crippen LogP contribution in [0.1, 0.15) is 41.6 Å². The number of carbonyl (C=O) groups excluding carboxylic acids is 1. The van der Waals surface area contributed by atoms with Crippen LogP contribution in [0, 0.1) is 0 Å². The van der Waals surface area contributed by atoms with Crippen LogP contribution in [0.3, 0.4) is 0 Å². The molecule has 2 heterocycles. The molecule has 10 nitrogen and oxygen atoms in total. The standard InChI is InChI=1S/C16H19F3N5O5P/c17-16(18,19)12-3-1-10(2-4-12)11-5-7-24(8-6-11)15(25)13(9-29-30(26,27)28)14-20-22-23-21-14/h1-4,11,13H,5-9H2,(H2,26,27,28)(H,20,21,22,23)/t13-/m1/s1. The number of rotatable bonds is 6.